The second-order valence-corrected chi connectivity index (χ2v) is 4.79. The maximum absolute atomic E-state index is 13.2. The Labute approximate surface area is 96.2 Å². The molecular weight excluding hydrogens is 255 g/mol. The quantitative estimate of drug-likeness (QED) is 0.611. The van der Waals surface area contributed by atoms with Crippen molar-refractivity contribution in [1.82, 2.24) is 0 Å². The molecule has 17 heavy (non-hydrogen) atoms. The van der Waals surface area contributed by atoms with Crippen LogP contribution in [0, 0.1) is 15.9 Å². The number of benzene rings is 1. The molecule has 9 heteroatoms. The molecule has 0 aliphatic heterocycles. The number of halogens is 1. The van der Waals surface area contributed by atoms with Gasteiger partial charge in [-0.05, 0) is 6.07 Å². The molecule has 0 atom stereocenters. The molecule has 1 aromatic carbocycles. The number of rotatable bonds is 5. The van der Waals surface area contributed by atoms with Gasteiger partial charge in [0.2, 0.25) is 15.8 Å². The summed E-state index contributed by atoms with van der Waals surface area (Å²) in [6, 6.07) is 3.18. The van der Waals surface area contributed by atoms with Crippen LogP contribution < -0.4 is 9.88 Å². The van der Waals surface area contributed by atoms with Crippen molar-refractivity contribution < 1.29 is 22.5 Å². The molecule has 1 aromatic rings. The van der Waals surface area contributed by atoms with Crippen LogP contribution in [0.1, 0.15) is 0 Å². The Morgan fingerprint density at radius 1 is 1.47 bits per heavy atom. The van der Waals surface area contributed by atoms with E-state index < -0.39 is 44.6 Å². The molecule has 0 radical (unpaired) electrons. The highest BCUT2D eigenvalue weighted by Crippen LogP contribution is 2.29. The second-order valence-electron chi connectivity index (χ2n) is 3.06. The van der Waals surface area contributed by atoms with Crippen molar-refractivity contribution in [3.63, 3.8) is 0 Å². The Bertz CT molecular complexity index is 531. The van der Waals surface area contributed by atoms with Crippen LogP contribution in [0.15, 0.2) is 18.2 Å². The third-order valence-corrected chi connectivity index (χ3v) is 2.49. The van der Waals surface area contributed by atoms with Crippen LogP contribution in [-0.4, -0.2) is 25.7 Å². The van der Waals surface area contributed by atoms with Crippen LogP contribution in [-0.2, 0) is 10.0 Å². The van der Waals surface area contributed by atoms with Gasteiger partial charge in [0, 0.05) is 6.07 Å². The lowest BCUT2D eigenvalue weighted by molar-refractivity contribution is -0.386. The molecule has 0 bridgehead atoms. The lowest BCUT2D eigenvalue weighted by Gasteiger charge is -2.06. The summed E-state index contributed by atoms with van der Waals surface area (Å²) in [4.78, 5) is 9.73. The summed E-state index contributed by atoms with van der Waals surface area (Å²) in [7, 11) is -3.76. The van der Waals surface area contributed by atoms with Gasteiger partial charge in [0.05, 0.1) is 10.7 Å². The van der Waals surface area contributed by atoms with Crippen LogP contribution in [0.2, 0.25) is 0 Å². The molecule has 0 aromatic heterocycles. The lowest BCUT2D eigenvalue weighted by Crippen LogP contribution is -2.21. The highest BCUT2D eigenvalue weighted by molar-refractivity contribution is 7.89. The molecule has 1 rings (SSSR count). The normalized spacial score (nSPS) is 11.2. The van der Waals surface area contributed by atoms with Gasteiger partial charge in [0.25, 0.3) is 0 Å². The van der Waals surface area contributed by atoms with Gasteiger partial charge in [-0.15, -0.1) is 0 Å². The van der Waals surface area contributed by atoms with Crippen molar-refractivity contribution in [2.75, 3.05) is 12.4 Å². The first kappa shape index (κ1) is 13.3. The molecule has 7 nitrogen and oxygen atoms in total. The smallest absolute Gasteiger partial charge is 0.314 e. The number of hydrogen-bond acceptors (Lipinski definition) is 5. The van der Waals surface area contributed by atoms with E-state index in [9.17, 15) is 22.9 Å². The first-order valence-electron chi connectivity index (χ1n) is 4.37. The zero-order valence-corrected chi connectivity index (χ0v) is 9.31. The molecule has 0 saturated heterocycles. The van der Waals surface area contributed by atoms with Crippen LogP contribution >= 0.6 is 0 Å². The van der Waals surface area contributed by atoms with Crippen LogP contribution in [0.3, 0.4) is 0 Å². The Hall–Kier alpha value is -1.74. The van der Waals surface area contributed by atoms with E-state index in [1.165, 1.54) is 0 Å². The van der Waals surface area contributed by atoms with Gasteiger partial charge in [-0.3, -0.25) is 10.1 Å². The highest BCUT2D eigenvalue weighted by Gasteiger charge is 2.19. The van der Waals surface area contributed by atoms with E-state index in [1.54, 1.807) is 0 Å². The van der Waals surface area contributed by atoms with Crippen molar-refractivity contribution in [1.29, 1.82) is 0 Å². The SMILES string of the molecule is NS(=O)(=O)CCOc1c(F)cccc1[N+](=O)[O-]. The summed E-state index contributed by atoms with van der Waals surface area (Å²) in [5.74, 6) is -2.09. The van der Waals surface area contributed by atoms with Crippen LogP contribution in [0.4, 0.5) is 10.1 Å². The van der Waals surface area contributed by atoms with Crippen molar-refractivity contribution in [2.24, 2.45) is 5.14 Å². The van der Waals surface area contributed by atoms with Gasteiger partial charge < -0.3 is 4.74 Å². The third kappa shape index (κ3) is 3.96. The fourth-order valence-electron chi connectivity index (χ4n) is 1.04. The highest BCUT2D eigenvalue weighted by atomic mass is 32.2. The summed E-state index contributed by atoms with van der Waals surface area (Å²) in [5, 5.41) is 15.3. The monoisotopic (exact) mass is 264 g/mol. The molecule has 0 amide bonds. The third-order valence-electron chi connectivity index (χ3n) is 1.76. The van der Waals surface area contributed by atoms with Gasteiger partial charge in [-0.2, -0.15) is 0 Å². The Morgan fingerprint density at radius 2 is 2.12 bits per heavy atom. The fourth-order valence-corrected chi connectivity index (χ4v) is 1.36. The van der Waals surface area contributed by atoms with Gasteiger partial charge in [0.15, 0.2) is 5.82 Å². The molecule has 94 valence electrons. The number of para-hydroxylation sites is 1. The van der Waals surface area contributed by atoms with E-state index in [0.29, 0.717) is 0 Å². The molecule has 0 unspecified atom stereocenters. The molecule has 0 spiro atoms. The van der Waals surface area contributed by atoms with Gasteiger partial charge in [-0.1, -0.05) is 6.07 Å². The predicted molar refractivity (Wildman–Crippen MR) is 56.5 cm³/mol. The van der Waals surface area contributed by atoms with Crippen LogP contribution in [0.25, 0.3) is 0 Å². The number of hydrogen-bond donors (Lipinski definition) is 1. The molecule has 0 fully saturated rings. The Balaban J connectivity index is 2.86. The van der Waals surface area contributed by atoms with E-state index in [-0.39, 0.29) is 0 Å². The number of nitrogens with zero attached hydrogens (tertiary/aromatic N) is 1. The predicted octanol–water partition coefficient (Wildman–Crippen LogP) is 0.401. The molecule has 0 aliphatic rings. The van der Waals surface area contributed by atoms with Crippen molar-refractivity contribution in [2.45, 2.75) is 0 Å². The van der Waals surface area contributed by atoms with Gasteiger partial charge in [-0.25, -0.2) is 17.9 Å². The average Bonchev–Trinajstić information content (AvgIpc) is 2.18. The molecule has 0 aliphatic carbocycles. The number of sulfonamides is 1. The standard InChI is InChI=1S/C8H9FN2O5S/c9-6-2-1-3-7(11(12)13)8(6)16-4-5-17(10,14)15/h1-3H,4-5H2,(H2,10,14,15). The van der Waals surface area contributed by atoms with E-state index in [1.807, 2.05) is 0 Å². The molecule has 0 heterocycles. The van der Waals surface area contributed by atoms with E-state index in [0.717, 1.165) is 18.2 Å². The summed E-state index contributed by atoms with van der Waals surface area (Å²) in [6.07, 6.45) is 0. The number of ether oxygens (including phenoxy) is 1. The minimum absolute atomic E-state index is 0.458. The summed E-state index contributed by atoms with van der Waals surface area (Å²) >= 11 is 0. The first-order chi connectivity index (χ1) is 7.81. The largest absolute Gasteiger partial charge is 0.484 e. The van der Waals surface area contributed by atoms with Crippen molar-refractivity contribution >= 4 is 15.7 Å². The van der Waals surface area contributed by atoms with Crippen LogP contribution in [0.5, 0.6) is 5.75 Å². The maximum atomic E-state index is 13.2. The zero-order chi connectivity index (χ0) is 13.1. The van der Waals surface area contributed by atoms with Gasteiger partial charge in [0.1, 0.15) is 6.61 Å². The number of primary sulfonamides is 1. The number of nitrogens with two attached hydrogens (primary N) is 1. The van der Waals surface area contributed by atoms with E-state index >= 15 is 0 Å². The lowest BCUT2D eigenvalue weighted by atomic mass is 10.3. The minimum atomic E-state index is -3.76. The average molecular weight is 264 g/mol. The number of nitro benzene ring substituents is 1. The topological polar surface area (TPSA) is 113 Å². The Kier molecular flexibility index (Phi) is 3.97. The maximum Gasteiger partial charge on any atom is 0.314 e. The van der Waals surface area contributed by atoms with Crippen molar-refractivity contribution in [3.8, 4) is 5.75 Å². The van der Waals surface area contributed by atoms with E-state index in [4.69, 9.17) is 9.88 Å². The Morgan fingerprint density at radius 3 is 2.65 bits per heavy atom. The summed E-state index contributed by atoms with van der Waals surface area (Å²) < 4.78 is 39.1. The number of nitro groups is 1. The zero-order valence-electron chi connectivity index (χ0n) is 8.50. The fraction of sp³-hybridized carbons (Fsp3) is 0.250. The van der Waals surface area contributed by atoms with E-state index in [2.05, 4.69) is 0 Å². The minimum Gasteiger partial charge on any atom is -0.484 e. The second kappa shape index (κ2) is 5.06. The van der Waals surface area contributed by atoms with Gasteiger partial charge >= 0.3 is 5.69 Å². The molecular formula is C8H9FN2O5S. The molecule has 2 N–H and O–H groups in total. The first-order valence-corrected chi connectivity index (χ1v) is 6.09. The summed E-state index contributed by atoms with van der Waals surface area (Å²) in [5.41, 5.74) is -0.570. The summed E-state index contributed by atoms with van der Waals surface area (Å²) in [6.45, 7) is -0.458. The molecule has 0 saturated carbocycles. The van der Waals surface area contributed by atoms with Crippen molar-refractivity contribution in [3.05, 3.63) is 34.1 Å².